The number of hydrogen-bond acceptors (Lipinski definition) is 4. The predicted molar refractivity (Wildman–Crippen MR) is 82.4 cm³/mol. The molecule has 0 aromatic heterocycles. The summed E-state index contributed by atoms with van der Waals surface area (Å²) < 4.78 is 4.99. The Kier molecular flexibility index (Phi) is 4.73. The second kappa shape index (κ2) is 6.35. The number of phenols is 1. The number of benzene rings is 1. The molecular weight excluding hydrogens is 268 g/mol. The number of nitrogens with one attached hydrogen (secondary N) is 1. The Bertz CT molecular complexity index is 508. The average Bonchev–Trinajstić information content (AvgIpc) is 2.48. The summed E-state index contributed by atoms with van der Waals surface area (Å²) in [4.78, 5) is 12.6. The average molecular weight is 292 g/mol. The summed E-state index contributed by atoms with van der Waals surface area (Å²) in [5, 5.41) is 12.6. The summed E-state index contributed by atoms with van der Waals surface area (Å²) in [6.07, 6.45) is 3.69. The fourth-order valence-electron chi connectivity index (χ4n) is 2.87. The number of phenolic OH excluding ortho intramolecular Hbond substituents is 1. The van der Waals surface area contributed by atoms with Gasteiger partial charge in [-0.05, 0) is 43.7 Å². The summed E-state index contributed by atoms with van der Waals surface area (Å²) in [7, 11) is 1.49. The molecule has 1 aromatic carbocycles. The number of anilines is 1. The van der Waals surface area contributed by atoms with E-state index in [9.17, 15) is 9.90 Å². The van der Waals surface area contributed by atoms with E-state index < -0.39 is 5.41 Å². The van der Waals surface area contributed by atoms with Crippen LogP contribution in [0.25, 0.3) is 0 Å². The Labute approximate surface area is 125 Å². The van der Waals surface area contributed by atoms with E-state index in [2.05, 4.69) is 12.2 Å². The third-order valence-corrected chi connectivity index (χ3v) is 4.54. The van der Waals surface area contributed by atoms with Gasteiger partial charge in [0.25, 0.3) is 0 Å². The van der Waals surface area contributed by atoms with Crippen molar-refractivity contribution in [1.29, 1.82) is 0 Å². The molecule has 1 saturated carbocycles. The Balaban J connectivity index is 2.11. The minimum absolute atomic E-state index is 0.00867. The molecule has 0 spiro atoms. The van der Waals surface area contributed by atoms with E-state index >= 15 is 0 Å². The molecule has 1 aliphatic carbocycles. The number of ether oxygens (including phenoxy) is 1. The molecule has 4 N–H and O–H groups in total. The molecule has 21 heavy (non-hydrogen) atoms. The normalized spacial score (nSPS) is 25.4. The molecule has 1 amide bonds. The lowest BCUT2D eigenvalue weighted by Gasteiger charge is -2.37. The van der Waals surface area contributed by atoms with E-state index in [1.54, 1.807) is 12.1 Å². The van der Waals surface area contributed by atoms with Gasteiger partial charge in [-0.1, -0.05) is 6.92 Å². The summed E-state index contributed by atoms with van der Waals surface area (Å²) in [6.45, 7) is 2.56. The number of nitrogens with two attached hydrogens (primary N) is 1. The molecule has 0 atom stereocenters. The molecule has 0 aliphatic heterocycles. The molecule has 116 valence electrons. The molecule has 1 fully saturated rings. The van der Waals surface area contributed by atoms with E-state index in [0.717, 1.165) is 25.7 Å². The zero-order valence-corrected chi connectivity index (χ0v) is 12.7. The van der Waals surface area contributed by atoms with Crippen molar-refractivity contribution in [2.24, 2.45) is 17.1 Å². The largest absolute Gasteiger partial charge is 0.504 e. The zero-order valence-electron chi connectivity index (χ0n) is 12.7. The third kappa shape index (κ3) is 3.29. The maximum Gasteiger partial charge on any atom is 0.231 e. The van der Waals surface area contributed by atoms with Crippen molar-refractivity contribution < 1.29 is 14.6 Å². The van der Waals surface area contributed by atoms with Gasteiger partial charge in [0, 0.05) is 18.3 Å². The van der Waals surface area contributed by atoms with E-state index in [1.807, 2.05) is 0 Å². The summed E-state index contributed by atoms with van der Waals surface area (Å²) in [5.74, 6) is 0.992. The summed E-state index contributed by atoms with van der Waals surface area (Å²) >= 11 is 0. The van der Waals surface area contributed by atoms with Gasteiger partial charge in [0.15, 0.2) is 11.5 Å². The Morgan fingerprint density at radius 1 is 1.48 bits per heavy atom. The van der Waals surface area contributed by atoms with Crippen LogP contribution in [0.1, 0.15) is 32.6 Å². The molecular formula is C16H24N2O3. The number of methoxy groups -OCH3 is 1. The lowest BCUT2D eigenvalue weighted by molar-refractivity contribution is -0.127. The lowest BCUT2D eigenvalue weighted by Crippen LogP contribution is -2.44. The van der Waals surface area contributed by atoms with E-state index in [0.29, 0.717) is 23.9 Å². The van der Waals surface area contributed by atoms with Crippen LogP contribution in [0.3, 0.4) is 0 Å². The first kappa shape index (κ1) is 15.6. The Morgan fingerprint density at radius 3 is 2.67 bits per heavy atom. The van der Waals surface area contributed by atoms with E-state index in [4.69, 9.17) is 10.5 Å². The zero-order chi connectivity index (χ0) is 15.5. The van der Waals surface area contributed by atoms with Crippen LogP contribution in [0.2, 0.25) is 0 Å². The summed E-state index contributed by atoms with van der Waals surface area (Å²) in [6, 6.07) is 4.83. The van der Waals surface area contributed by atoms with Crippen LogP contribution in [-0.2, 0) is 4.79 Å². The first-order chi connectivity index (χ1) is 10.0. The van der Waals surface area contributed by atoms with Crippen molar-refractivity contribution in [3.05, 3.63) is 18.2 Å². The second-order valence-electron chi connectivity index (χ2n) is 6.01. The van der Waals surface area contributed by atoms with Gasteiger partial charge in [-0.2, -0.15) is 0 Å². The SMILES string of the molecule is COc1ccc(NC(=O)C2(CN)CCC(C)CC2)cc1O. The number of rotatable bonds is 4. The van der Waals surface area contributed by atoms with Crippen LogP contribution in [0.5, 0.6) is 11.5 Å². The number of aromatic hydroxyl groups is 1. The predicted octanol–water partition coefficient (Wildman–Crippen LogP) is 2.49. The van der Waals surface area contributed by atoms with Gasteiger partial charge in [-0.3, -0.25) is 4.79 Å². The van der Waals surface area contributed by atoms with Crippen molar-refractivity contribution in [2.45, 2.75) is 32.6 Å². The molecule has 2 rings (SSSR count). The van der Waals surface area contributed by atoms with Crippen LogP contribution in [0.4, 0.5) is 5.69 Å². The second-order valence-corrected chi connectivity index (χ2v) is 6.01. The molecule has 0 saturated heterocycles. The highest BCUT2D eigenvalue weighted by molar-refractivity contribution is 5.95. The minimum Gasteiger partial charge on any atom is -0.504 e. The van der Waals surface area contributed by atoms with Gasteiger partial charge in [-0.25, -0.2) is 0 Å². The van der Waals surface area contributed by atoms with Crippen molar-refractivity contribution in [2.75, 3.05) is 19.0 Å². The quantitative estimate of drug-likeness (QED) is 0.796. The monoisotopic (exact) mass is 292 g/mol. The van der Waals surface area contributed by atoms with Crippen LogP contribution >= 0.6 is 0 Å². The first-order valence-electron chi connectivity index (χ1n) is 7.39. The standard InChI is InChI=1S/C16H24N2O3/c1-11-5-7-16(10-17,8-6-11)15(20)18-12-3-4-14(21-2)13(19)9-12/h3-4,9,11,19H,5-8,10,17H2,1-2H3,(H,18,20). The highest BCUT2D eigenvalue weighted by atomic mass is 16.5. The van der Waals surface area contributed by atoms with Crippen molar-refractivity contribution in [1.82, 2.24) is 0 Å². The van der Waals surface area contributed by atoms with Gasteiger partial charge >= 0.3 is 0 Å². The molecule has 0 radical (unpaired) electrons. The number of carbonyl (C=O) groups is 1. The molecule has 1 aliphatic rings. The van der Waals surface area contributed by atoms with Crippen molar-refractivity contribution >= 4 is 11.6 Å². The van der Waals surface area contributed by atoms with Gasteiger partial charge in [0.05, 0.1) is 12.5 Å². The highest BCUT2D eigenvalue weighted by Gasteiger charge is 2.39. The third-order valence-electron chi connectivity index (χ3n) is 4.54. The van der Waals surface area contributed by atoms with E-state index in [-0.39, 0.29) is 11.7 Å². The molecule has 5 nitrogen and oxygen atoms in total. The smallest absolute Gasteiger partial charge is 0.231 e. The first-order valence-corrected chi connectivity index (χ1v) is 7.39. The van der Waals surface area contributed by atoms with Gasteiger partial charge in [-0.15, -0.1) is 0 Å². The lowest BCUT2D eigenvalue weighted by atomic mass is 9.70. The fraction of sp³-hybridized carbons (Fsp3) is 0.562. The molecule has 0 bridgehead atoms. The van der Waals surface area contributed by atoms with Crippen LogP contribution < -0.4 is 15.8 Å². The maximum atomic E-state index is 12.6. The molecule has 0 unspecified atom stereocenters. The molecule has 5 heteroatoms. The van der Waals surface area contributed by atoms with Crippen LogP contribution in [-0.4, -0.2) is 24.7 Å². The van der Waals surface area contributed by atoms with Gasteiger partial charge in [0.2, 0.25) is 5.91 Å². The summed E-state index contributed by atoms with van der Waals surface area (Å²) in [5.41, 5.74) is 5.96. The van der Waals surface area contributed by atoms with Crippen molar-refractivity contribution in [3.63, 3.8) is 0 Å². The number of amides is 1. The Morgan fingerprint density at radius 2 is 2.14 bits per heavy atom. The van der Waals surface area contributed by atoms with Gasteiger partial charge in [0.1, 0.15) is 0 Å². The van der Waals surface area contributed by atoms with E-state index in [1.165, 1.54) is 13.2 Å². The highest BCUT2D eigenvalue weighted by Crippen LogP contribution is 2.39. The molecule has 1 aromatic rings. The van der Waals surface area contributed by atoms with Gasteiger partial charge < -0.3 is 20.9 Å². The van der Waals surface area contributed by atoms with Crippen molar-refractivity contribution in [3.8, 4) is 11.5 Å². The number of hydrogen-bond donors (Lipinski definition) is 3. The minimum atomic E-state index is -0.484. The molecule has 0 heterocycles. The van der Waals surface area contributed by atoms with Crippen LogP contribution in [0, 0.1) is 11.3 Å². The fourth-order valence-corrected chi connectivity index (χ4v) is 2.87. The topological polar surface area (TPSA) is 84.6 Å². The maximum absolute atomic E-state index is 12.6. The number of carbonyl (C=O) groups excluding carboxylic acids is 1. The Hall–Kier alpha value is -1.75. The van der Waals surface area contributed by atoms with Crippen LogP contribution in [0.15, 0.2) is 18.2 Å².